The monoisotopic (exact) mass is 280 g/mol. The number of halogens is 3. The fourth-order valence-corrected chi connectivity index (χ4v) is 2.07. The van der Waals surface area contributed by atoms with E-state index in [4.69, 9.17) is 0 Å². The first-order valence-electron chi connectivity index (χ1n) is 6.43. The molecule has 0 aliphatic carbocycles. The molecule has 4 heteroatoms. The van der Waals surface area contributed by atoms with Gasteiger partial charge in [-0.2, -0.15) is 0 Å². The van der Waals surface area contributed by atoms with Crippen LogP contribution in [0, 0.1) is 0 Å². The predicted molar refractivity (Wildman–Crippen MR) is 72.6 cm³/mol. The van der Waals surface area contributed by atoms with E-state index in [0.29, 0.717) is 5.56 Å². The van der Waals surface area contributed by atoms with Crippen LogP contribution in [0.4, 0.5) is 13.2 Å². The standard InChI is InChI=1S/C16H15F3O/c1-2-5-12-6-3-7-13(10-12)14-8-4-9-15(11-14)20-16(17,18)19/h3-4,6-11H,2,5H2,1H3. The van der Waals surface area contributed by atoms with Crippen molar-refractivity contribution in [2.24, 2.45) is 0 Å². The topological polar surface area (TPSA) is 9.23 Å². The Morgan fingerprint density at radius 1 is 0.950 bits per heavy atom. The average Bonchev–Trinajstić information content (AvgIpc) is 2.38. The summed E-state index contributed by atoms with van der Waals surface area (Å²) >= 11 is 0. The smallest absolute Gasteiger partial charge is 0.406 e. The van der Waals surface area contributed by atoms with Crippen LogP contribution in [0.15, 0.2) is 48.5 Å². The van der Waals surface area contributed by atoms with Crippen molar-refractivity contribution in [1.29, 1.82) is 0 Å². The fourth-order valence-electron chi connectivity index (χ4n) is 2.07. The number of ether oxygens (including phenoxy) is 1. The lowest BCUT2D eigenvalue weighted by Crippen LogP contribution is -2.17. The van der Waals surface area contributed by atoms with Gasteiger partial charge >= 0.3 is 6.36 Å². The molecule has 2 aromatic carbocycles. The summed E-state index contributed by atoms with van der Waals surface area (Å²) in [5.41, 5.74) is 2.78. The maximum absolute atomic E-state index is 12.2. The van der Waals surface area contributed by atoms with Crippen molar-refractivity contribution in [3.8, 4) is 16.9 Å². The summed E-state index contributed by atoms with van der Waals surface area (Å²) in [6.45, 7) is 2.09. The average molecular weight is 280 g/mol. The van der Waals surface area contributed by atoms with Crippen LogP contribution in [0.25, 0.3) is 11.1 Å². The zero-order valence-electron chi connectivity index (χ0n) is 11.1. The summed E-state index contributed by atoms with van der Waals surface area (Å²) in [4.78, 5) is 0. The normalized spacial score (nSPS) is 11.4. The minimum atomic E-state index is -4.66. The highest BCUT2D eigenvalue weighted by Crippen LogP contribution is 2.28. The molecule has 2 aromatic rings. The minimum absolute atomic E-state index is 0.198. The second kappa shape index (κ2) is 5.99. The van der Waals surface area contributed by atoms with E-state index in [2.05, 4.69) is 11.7 Å². The van der Waals surface area contributed by atoms with Crippen molar-refractivity contribution < 1.29 is 17.9 Å². The zero-order chi connectivity index (χ0) is 14.6. The third-order valence-electron chi connectivity index (χ3n) is 2.87. The summed E-state index contributed by atoms with van der Waals surface area (Å²) in [5.74, 6) is -0.198. The predicted octanol–water partition coefficient (Wildman–Crippen LogP) is 5.20. The minimum Gasteiger partial charge on any atom is -0.406 e. The molecule has 1 nitrogen and oxygen atoms in total. The Hall–Kier alpha value is -1.97. The molecule has 0 atom stereocenters. The van der Waals surface area contributed by atoms with Crippen LogP contribution in [0.2, 0.25) is 0 Å². The van der Waals surface area contributed by atoms with E-state index in [1.54, 1.807) is 12.1 Å². The maximum Gasteiger partial charge on any atom is 0.573 e. The van der Waals surface area contributed by atoms with Crippen LogP contribution in [-0.2, 0) is 6.42 Å². The molecule has 0 unspecified atom stereocenters. The SMILES string of the molecule is CCCc1cccc(-c2cccc(OC(F)(F)F)c2)c1. The lowest BCUT2D eigenvalue weighted by atomic mass is 10.0. The lowest BCUT2D eigenvalue weighted by Gasteiger charge is -2.10. The van der Waals surface area contributed by atoms with Crippen molar-refractivity contribution in [3.63, 3.8) is 0 Å². The van der Waals surface area contributed by atoms with Gasteiger partial charge in [0.15, 0.2) is 0 Å². The Balaban J connectivity index is 2.28. The molecule has 0 saturated heterocycles. The van der Waals surface area contributed by atoms with Crippen LogP contribution in [-0.4, -0.2) is 6.36 Å². The van der Waals surface area contributed by atoms with Crippen molar-refractivity contribution in [3.05, 3.63) is 54.1 Å². The third kappa shape index (κ3) is 4.02. The molecule has 106 valence electrons. The fraction of sp³-hybridized carbons (Fsp3) is 0.250. The van der Waals surface area contributed by atoms with Crippen molar-refractivity contribution in [2.45, 2.75) is 26.1 Å². The molecule has 0 saturated carbocycles. The molecule has 0 radical (unpaired) electrons. The molecule has 0 aromatic heterocycles. The summed E-state index contributed by atoms with van der Waals surface area (Å²) in [5, 5.41) is 0. The highest BCUT2D eigenvalue weighted by Gasteiger charge is 2.31. The lowest BCUT2D eigenvalue weighted by molar-refractivity contribution is -0.274. The van der Waals surface area contributed by atoms with E-state index in [1.165, 1.54) is 17.7 Å². The number of alkyl halides is 3. The van der Waals surface area contributed by atoms with Gasteiger partial charge in [0.2, 0.25) is 0 Å². The van der Waals surface area contributed by atoms with Gasteiger partial charge in [0, 0.05) is 0 Å². The quantitative estimate of drug-likeness (QED) is 0.747. The molecule has 0 bridgehead atoms. The zero-order valence-corrected chi connectivity index (χ0v) is 11.1. The van der Waals surface area contributed by atoms with E-state index >= 15 is 0 Å². The molecule has 0 aliphatic heterocycles. The van der Waals surface area contributed by atoms with E-state index in [9.17, 15) is 13.2 Å². The molecule has 0 N–H and O–H groups in total. The maximum atomic E-state index is 12.2. The van der Waals surface area contributed by atoms with Gasteiger partial charge in [-0.05, 0) is 35.2 Å². The number of aryl methyl sites for hydroxylation is 1. The number of benzene rings is 2. The van der Waals surface area contributed by atoms with E-state index in [1.807, 2.05) is 24.3 Å². The van der Waals surface area contributed by atoms with Crippen LogP contribution in [0.1, 0.15) is 18.9 Å². The van der Waals surface area contributed by atoms with Gasteiger partial charge in [0.1, 0.15) is 5.75 Å². The number of rotatable bonds is 4. The first-order chi connectivity index (χ1) is 9.48. The van der Waals surface area contributed by atoms with Gasteiger partial charge in [0.25, 0.3) is 0 Å². The van der Waals surface area contributed by atoms with Crippen LogP contribution in [0.3, 0.4) is 0 Å². The van der Waals surface area contributed by atoms with Crippen LogP contribution >= 0.6 is 0 Å². The van der Waals surface area contributed by atoms with Gasteiger partial charge in [-0.1, -0.05) is 49.7 Å². The first kappa shape index (κ1) is 14.4. The van der Waals surface area contributed by atoms with Crippen LogP contribution < -0.4 is 4.74 Å². The van der Waals surface area contributed by atoms with Crippen LogP contribution in [0.5, 0.6) is 5.75 Å². The highest BCUT2D eigenvalue weighted by atomic mass is 19.4. The third-order valence-corrected chi connectivity index (χ3v) is 2.87. The molecule has 20 heavy (non-hydrogen) atoms. The number of hydrogen-bond donors (Lipinski definition) is 0. The Morgan fingerprint density at radius 3 is 2.25 bits per heavy atom. The van der Waals surface area contributed by atoms with E-state index in [-0.39, 0.29) is 5.75 Å². The molecular weight excluding hydrogens is 265 g/mol. The summed E-state index contributed by atoms with van der Waals surface area (Å²) in [6.07, 6.45) is -2.68. The highest BCUT2D eigenvalue weighted by molar-refractivity contribution is 5.65. The number of hydrogen-bond acceptors (Lipinski definition) is 1. The van der Waals surface area contributed by atoms with Crippen molar-refractivity contribution in [1.82, 2.24) is 0 Å². The Morgan fingerprint density at radius 2 is 1.60 bits per heavy atom. The molecule has 0 amide bonds. The summed E-state index contributed by atoms with van der Waals surface area (Å²) in [6, 6.07) is 13.8. The van der Waals surface area contributed by atoms with Gasteiger partial charge in [-0.15, -0.1) is 13.2 Å². The second-order valence-corrected chi connectivity index (χ2v) is 4.53. The Labute approximate surface area is 116 Å². The molecule has 0 aliphatic rings. The Bertz CT molecular complexity index is 576. The van der Waals surface area contributed by atoms with E-state index in [0.717, 1.165) is 18.4 Å². The first-order valence-corrected chi connectivity index (χ1v) is 6.43. The van der Waals surface area contributed by atoms with Gasteiger partial charge < -0.3 is 4.74 Å². The van der Waals surface area contributed by atoms with Crippen molar-refractivity contribution in [2.75, 3.05) is 0 Å². The van der Waals surface area contributed by atoms with Gasteiger partial charge in [-0.25, -0.2) is 0 Å². The van der Waals surface area contributed by atoms with Crippen molar-refractivity contribution >= 4 is 0 Å². The summed E-state index contributed by atoms with van der Waals surface area (Å²) < 4.78 is 40.6. The molecule has 0 spiro atoms. The summed E-state index contributed by atoms with van der Waals surface area (Å²) in [7, 11) is 0. The van der Waals surface area contributed by atoms with Gasteiger partial charge in [-0.3, -0.25) is 0 Å². The second-order valence-electron chi connectivity index (χ2n) is 4.53. The molecule has 0 heterocycles. The molecule has 2 rings (SSSR count). The Kier molecular flexibility index (Phi) is 4.32. The van der Waals surface area contributed by atoms with Gasteiger partial charge in [0.05, 0.1) is 0 Å². The molecular formula is C16H15F3O. The van der Waals surface area contributed by atoms with E-state index < -0.39 is 6.36 Å². The largest absolute Gasteiger partial charge is 0.573 e. The molecule has 0 fully saturated rings.